The molecule has 0 aliphatic heterocycles. The van der Waals surface area contributed by atoms with Crippen molar-refractivity contribution in [2.75, 3.05) is 40.4 Å². The normalized spacial score (nSPS) is 13.4. The first-order chi connectivity index (χ1) is 7.20. The van der Waals surface area contributed by atoms with Crippen molar-refractivity contribution >= 4 is 0 Å². The van der Waals surface area contributed by atoms with Crippen LogP contribution in [0.25, 0.3) is 0 Å². The van der Waals surface area contributed by atoms with Gasteiger partial charge < -0.3 is 15.0 Å². The second kappa shape index (κ2) is 10.4. The fourth-order valence-electron chi connectivity index (χ4n) is 1.50. The van der Waals surface area contributed by atoms with Crippen LogP contribution in [0.3, 0.4) is 0 Å². The van der Waals surface area contributed by atoms with E-state index in [-0.39, 0.29) is 0 Å². The van der Waals surface area contributed by atoms with E-state index in [4.69, 9.17) is 4.74 Å². The molecule has 0 spiro atoms. The molecule has 0 heterocycles. The monoisotopic (exact) mass is 216 g/mol. The van der Waals surface area contributed by atoms with Gasteiger partial charge in [0.15, 0.2) is 0 Å². The van der Waals surface area contributed by atoms with Gasteiger partial charge >= 0.3 is 0 Å². The Kier molecular flexibility index (Phi) is 10.3. The van der Waals surface area contributed by atoms with Crippen molar-refractivity contribution in [2.24, 2.45) is 0 Å². The van der Waals surface area contributed by atoms with Crippen molar-refractivity contribution in [1.82, 2.24) is 10.2 Å². The van der Waals surface area contributed by atoms with Crippen LogP contribution in [0.15, 0.2) is 0 Å². The first kappa shape index (κ1) is 14.9. The standard InChI is InChI=1S/C12H28N2O/c1-5-8-13-12(2)7-10-14(3)9-6-11-15-4/h12-13H,5-11H2,1-4H3. The van der Waals surface area contributed by atoms with Crippen LogP contribution in [0, 0.1) is 0 Å². The molecule has 92 valence electrons. The molecule has 0 aliphatic carbocycles. The van der Waals surface area contributed by atoms with Crippen LogP contribution in [-0.2, 0) is 4.74 Å². The number of nitrogens with zero attached hydrogens (tertiary/aromatic N) is 1. The maximum Gasteiger partial charge on any atom is 0.0474 e. The fourth-order valence-corrected chi connectivity index (χ4v) is 1.50. The van der Waals surface area contributed by atoms with E-state index in [1.807, 2.05) is 0 Å². The van der Waals surface area contributed by atoms with Crippen LogP contribution in [0.1, 0.15) is 33.1 Å². The Morgan fingerprint density at radius 3 is 2.67 bits per heavy atom. The molecule has 0 bridgehead atoms. The molecule has 3 heteroatoms. The molecular weight excluding hydrogens is 188 g/mol. The van der Waals surface area contributed by atoms with Crippen LogP contribution in [0.5, 0.6) is 0 Å². The van der Waals surface area contributed by atoms with Gasteiger partial charge in [0.2, 0.25) is 0 Å². The fraction of sp³-hybridized carbons (Fsp3) is 1.00. The van der Waals surface area contributed by atoms with Crippen molar-refractivity contribution in [3.63, 3.8) is 0 Å². The third-order valence-corrected chi connectivity index (χ3v) is 2.57. The number of hydrogen-bond donors (Lipinski definition) is 1. The first-order valence-electron chi connectivity index (χ1n) is 6.11. The van der Waals surface area contributed by atoms with Crippen molar-refractivity contribution in [1.29, 1.82) is 0 Å². The number of methoxy groups -OCH3 is 1. The molecule has 0 amide bonds. The summed E-state index contributed by atoms with van der Waals surface area (Å²) in [6.45, 7) is 8.77. The van der Waals surface area contributed by atoms with Crippen molar-refractivity contribution in [3.05, 3.63) is 0 Å². The highest BCUT2D eigenvalue weighted by Gasteiger charge is 2.03. The molecule has 0 aromatic carbocycles. The van der Waals surface area contributed by atoms with Crippen LogP contribution < -0.4 is 5.32 Å². The lowest BCUT2D eigenvalue weighted by molar-refractivity contribution is 0.178. The van der Waals surface area contributed by atoms with Gasteiger partial charge in [0, 0.05) is 26.3 Å². The van der Waals surface area contributed by atoms with Crippen LogP contribution in [0.4, 0.5) is 0 Å². The highest BCUT2D eigenvalue weighted by molar-refractivity contribution is 4.62. The lowest BCUT2D eigenvalue weighted by atomic mass is 10.2. The molecule has 0 aromatic heterocycles. The number of hydrogen-bond acceptors (Lipinski definition) is 3. The summed E-state index contributed by atoms with van der Waals surface area (Å²) in [5.74, 6) is 0. The van der Waals surface area contributed by atoms with E-state index in [0.717, 1.165) is 26.1 Å². The van der Waals surface area contributed by atoms with E-state index in [2.05, 4.69) is 31.1 Å². The molecule has 0 aromatic rings. The zero-order chi connectivity index (χ0) is 11.5. The van der Waals surface area contributed by atoms with Gasteiger partial charge in [-0.1, -0.05) is 6.92 Å². The number of nitrogens with one attached hydrogen (secondary N) is 1. The van der Waals surface area contributed by atoms with Crippen LogP contribution >= 0.6 is 0 Å². The largest absolute Gasteiger partial charge is 0.385 e. The molecule has 0 rings (SSSR count). The molecule has 15 heavy (non-hydrogen) atoms. The summed E-state index contributed by atoms with van der Waals surface area (Å²) in [6, 6.07) is 0.634. The topological polar surface area (TPSA) is 24.5 Å². The molecular formula is C12H28N2O. The molecule has 1 N–H and O–H groups in total. The van der Waals surface area contributed by atoms with Crippen LogP contribution in [0.2, 0.25) is 0 Å². The highest BCUT2D eigenvalue weighted by atomic mass is 16.5. The van der Waals surface area contributed by atoms with E-state index in [1.54, 1.807) is 7.11 Å². The Balaban J connectivity index is 3.31. The lowest BCUT2D eigenvalue weighted by Crippen LogP contribution is -2.31. The first-order valence-corrected chi connectivity index (χ1v) is 6.11. The van der Waals surface area contributed by atoms with Gasteiger partial charge in [-0.25, -0.2) is 0 Å². The van der Waals surface area contributed by atoms with E-state index in [1.165, 1.54) is 19.4 Å². The zero-order valence-corrected chi connectivity index (χ0v) is 10.9. The second-order valence-electron chi connectivity index (χ2n) is 4.29. The summed E-state index contributed by atoms with van der Waals surface area (Å²) >= 11 is 0. The Morgan fingerprint density at radius 2 is 2.07 bits per heavy atom. The smallest absolute Gasteiger partial charge is 0.0474 e. The van der Waals surface area contributed by atoms with Gasteiger partial charge in [-0.15, -0.1) is 0 Å². The average molecular weight is 216 g/mol. The summed E-state index contributed by atoms with van der Waals surface area (Å²) in [7, 11) is 3.94. The molecule has 3 nitrogen and oxygen atoms in total. The Bertz CT molecular complexity index is 131. The molecule has 0 saturated heterocycles. The predicted molar refractivity (Wildman–Crippen MR) is 66.4 cm³/mol. The number of ether oxygens (including phenoxy) is 1. The van der Waals surface area contributed by atoms with E-state index >= 15 is 0 Å². The molecule has 0 saturated carbocycles. The molecule has 0 radical (unpaired) electrons. The van der Waals surface area contributed by atoms with Crippen LogP contribution in [-0.4, -0.2) is 51.3 Å². The minimum Gasteiger partial charge on any atom is -0.385 e. The molecule has 1 atom stereocenters. The van der Waals surface area contributed by atoms with Gasteiger partial charge in [0.1, 0.15) is 0 Å². The van der Waals surface area contributed by atoms with Gasteiger partial charge in [-0.05, 0) is 46.3 Å². The van der Waals surface area contributed by atoms with Gasteiger partial charge in [0.25, 0.3) is 0 Å². The maximum absolute atomic E-state index is 5.03. The molecule has 0 aliphatic rings. The number of rotatable bonds is 10. The second-order valence-corrected chi connectivity index (χ2v) is 4.29. The van der Waals surface area contributed by atoms with Gasteiger partial charge in [-0.2, -0.15) is 0 Å². The third kappa shape index (κ3) is 10.2. The summed E-state index contributed by atoms with van der Waals surface area (Å²) in [5, 5.41) is 3.50. The quantitative estimate of drug-likeness (QED) is 0.563. The Morgan fingerprint density at radius 1 is 1.33 bits per heavy atom. The summed E-state index contributed by atoms with van der Waals surface area (Å²) in [5.41, 5.74) is 0. The lowest BCUT2D eigenvalue weighted by Gasteiger charge is -2.19. The zero-order valence-electron chi connectivity index (χ0n) is 10.9. The maximum atomic E-state index is 5.03. The molecule has 1 unspecified atom stereocenters. The Hall–Kier alpha value is -0.120. The van der Waals surface area contributed by atoms with E-state index in [0.29, 0.717) is 6.04 Å². The predicted octanol–water partition coefficient (Wildman–Crippen LogP) is 1.73. The molecule has 0 fully saturated rings. The minimum absolute atomic E-state index is 0.634. The SMILES string of the molecule is CCCNC(C)CCN(C)CCCOC. The van der Waals surface area contributed by atoms with Crippen molar-refractivity contribution < 1.29 is 4.74 Å². The van der Waals surface area contributed by atoms with Gasteiger partial charge in [-0.3, -0.25) is 0 Å². The Labute approximate surface area is 95.2 Å². The van der Waals surface area contributed by atoms with E-state index < -0.39 is 0 Å². The van der Waals surface area contributed by atoms with Crippen molar-refractivity contribution in [3.8, 4) is 0 Å². The third-order valence-electron chi connectivity index (χ3n) is 2.57. The van der Waals surface area contributed by atoms with Crippen molar-refractivity contribution in [2.45, 2.75) is 39.2 Å². The van der Waals surface area contributed by atoms with Gasteiger partial charge in [0.05, 0.1) is 0 Å². The summed E-state index contributed by atoms with van der Waals surface area (Å²) in [6.07, 6.45) is 3.57. The minimum atomic E-state index is 0.634. The summed E-state index contributed by atoms with van der Waals surface area (Å²) < 4.78 is 5.03. The highest BCUT2D eigenvalue weighted by Crippen LogP contribution is 1.95. The van der Waals surface area contributed by atoms with E-state index in [9.17, 15) is 0 Å². The average Bonchev–Trinajstić information content (AvgIpc) is 2.24. The summed E-state index contributed by atoms with van der Waals surface area (Å²) in [4.78, 5) is 2.38.